The summed E-state index contributed by atoms with van der Waals surface area (Å²) in [6.07, 6.45) is -1.24. The third-order valence-corrected chi connectivity index (χ3v) is 3.62. The summed E-state index contributed by atoms with van der Waals surface area (Å²) in [4.78, 5) is 24.4. The molecule has 0 saturated heterocycles. The number of ether oxygens (including phenoxy) is 2. The number of carbonyl (C=O) groups is 2. The first kappa shape index (κ1) is 18.5. The van der Waals surface area contributed by atoms with Crippen molar-refractivity contribution in [3.8, 4) is 5.75 Å². The largest absolute Gasteiger partial charge is 0.479 e. The van der Waals surface area contributed by atoms with Crippen molar-refractivity contribution < 1.29 is 19.1 Å². The van der Waals surface area contributed by atoms with Crippen LogP contribution in [0.2, 0.25) is 0 Å². The summed E-state index contributed by atoms with van der Waals surface area (Å²) in [6.45, 7) is 3.79. The molecule has 2 unspecified atom stereocenters. The molecule has 2 aromatic rings. The molecule has 1 amide bonds. The second-order valence-electron chi connectivity index (χ2n) is 5.61. The van der Waals surface area contributed by atoms with E-state index in [1.54, 1.807) is 26.0 Å². The summed E-state index contributed by atoms with van der Waals surface area (Å²) in [7, 11) is 0. The molecule has 0 aliphatic rings. The monoisotopic (exact) mass is 341 g/mol. The van der Waals surface area contributed by atoms with Crippen LogP contribution in [0.1, 0.15) is 25.8 Å². The van der Waals surface area contributed by atoms with Crippen molar-refractivity contribution in [1.29, 1.82) is 0 Å². The zero-order valence-electron chi connectivity index (χ0n) is 14.5. The van der Waals surface area contributed by atoms with Crippen LogP contribution in [0.15, 0.2) is 60.7 Å². The Kier molecular flexibility index (Phi) is 7.01. The Labute approximate surface area is 148 Å². The van der Waals surface area contributed by atoms with Gasteiger partial charge in [0.05, 0.1) is 0 Å². The van der Waals surface area contributed by atoms with E-state index in [9.17, 15) is 9.59 Å². The molecule has 2 aromatic carbocycles. The number of hydrogen-bond donors (Lipinski definition) is 1. The van der Waals surface area contributed by atoms with Gasteiger partial charge in [-0.15, -0.1) is 0 Å². The van der Waals surface area contributed by atoms with E-state index in [1.165, 1.54) is 0 Å². The summed E-state index contributed by atoms with van der Waals surface area (Å²) in [5.41, 5.74) is 0.984. The predicted octanol–water partition coefficient (Wildman–Crippen LogP) is 3.09. The maximum absolute atomic E-state index is 12.2. The second kappa shape index (κ2) is 9.47. The normalized spacial score (nSPS) is 12.7. The Bertz CT molecular complexity index is 673. The molecule has 1 N–H and O–H groups in total. The van der Waals surface area contributed by atoms with E-state index in [2.05, 4.69) is 5.32 Å². The molecule has 0 radical (unpaired) electrons. The number of benzene rings is 2. The third kappa shape index (κ3) is 5.95. The number of amides is 1. The van der Waals surface area contributed by atoms with E-state index in [4.69, 9.17) is 9.47 Å². The summed E-state index contributed by atoms with van der Waals surface area (Å²) >= 11 is 0. The Hall–Kier alpha value is -2.82. The highest BCUT2D eigenvalue weighted by atomic mass is 16.6. The SMILES string of the molecule is CCC(OC(=O)C(C)Oc1ccccc1)C(=O)NCc1ccccc1. The van der Waals surface area contributed by atoms with Gasteiger partial charge in [0.25, 0.3) is 5.91 Å². The molecule has 132 valence electrons. The molecule has 5 nitrogen and oxygen atoms in total. The van der Waals surface area contributed by atoms with E-state index in [1.807, 2.05) is 48.5 Å². The zero-order valence-corrected chi connectivity index (χ0v) is 14.5. The minimum atomic E-state index is -0.835. The number of nitrogens with one attached hydrogen (secondary N) is 1. The fraction of sp³-hybridized carbons (Fsp3) is 0.300. The van der Waals surface area contributed by atoms with Crippen LogP contribution >= 0.6 is 0 Å². The van der Waals surface area contributed by atoms with E-state index in [0.29, 0.717) is 18.7 Å². The highest BCUT2D eigenvalue weighted by Crippen LogP contribution is 2.12. The van der Waals surface area contributed by atoms with Crippen molar-refractivity contribution in [1.82, 2.24) is 5.32 Å². The van der Waals surface area contributed by atoms with Crippen LogP contribution in [0.5, 0.6) is 5.75 Å². The molecule has 0 saturated carbocycles. The molecule has 0 fully saturated rings. The van der Waals surface area contributed by atoms with Crippen LogP contribution in [-0.4, -0.2) is 24.1 Å². The number of rotatable bonds is 8. The topological polar surface area (TPSA) is 64.6 Å². The fourth-order valence-electron chi connectivity index (χ4n) is 2.21. The lowest BCUT2D eigenvalue weighted by molar-refractivity contribution is -0.162. The van der Waals surface area contributed by atoms with Crippen LogP contribution in [0.25, 0.3) is 0 Å². The molecule has 0 heterocycles. The minimum Gasteiger partial charge on any atom is -0.479 e. The molecule has 0 aromatic heterocycles. The van der Waals surface area contributed by atoms with E-state index >= 15 is 0 Å². The Balaban J connectivity index is 1.84. The summed E-state index contributed by atoms with van der Waals surface area (Å²) in [5.74, 6) is -0.300. The van der Waals surface area contributed by atoms with E-state index in [-0.39, 0.29) is 5.91 Å². The van der Waals surface area contributed by atoms with Gasteiger partial charge in [-0.25, -0.2) is 4.79 Å². The standard InChI is InChI=1S/C20H23NO4/c1-3-18(19(22)21-14-16-10-6-4-7-11-16)25-20(23)15(2)24-17-12-8-5-9-13-17/h4-13,15,18H,3,14H2,1-2H3,(H,21,22). The van der Waals surface area contributed by atoms with Gasteiger partial charge < -0.3 is 14.8 Å². The predicted molar refractivity (Wildman–Crippen MR) is 95.0 cm³/mol. The quantitative estimate of drug-likeness (QED) is 0.750. The molecule has 0 bridgehead atoms. The van der Waals surface area contributed by atoms with Crippen LogP contribution in [0, 0.1) is 0 Å². The van der Waals surface area contributed by atoms with Gasteiger partial charge in [0.15, 0.2) is 12.2 Å². The molecule has 2 atom stereocenters. The lowest BCUT2D eigenvalue weighted by atomic mass is 10.2. The first-order chi connectivity index (χ1) is 12.1. The van der Waals surface area contributed by atoms with Gasteiger partial charge in [-0.05, 0) is 31.0 Å². The van der Waals surface area contributed by atoms with Crippen molar-refractivity contribution in [3.05, 3.63) is 66.2 Å². The Morgan fingerprint density at radius 2 is 1.60 bits per heavy atom. The maximum Gasteiger partial charge on any atom is 0.347 e. The Morgan fingerprint density at radius 3 is 2.20 bits per heavy atom. The number of hydrogen-bond acceptors (Lipinski definition) is 4. The van der Waals surface area contributed by atoms with Gasteiger partial charge in [-0.2, -0.15) is 0 Å². The zero-order chi connectivity index (χ0) is 18.1. The average Bonchev–Trinajstić information content (AvgIpc) is 2.65. The number of carbonyl (C=O) groups excluding carboxylic acids is 2. The molecule has 2 rings (SSSR count). The van der Waals surface area contributed by atoms with Crippen LogP contribution in [0.3, 0.4) is 0 Å². The van der Waals surface area contributed by atoms with Crippen molar-refractivity contribution in [3.63, 3.8) is 0 Å². The molecule has 0 aliphatic heterocycles. The molecular weight excluding hydrogens is 318 g/mol. The van der Waals surface area contributed by atoms with Crippen LogP contribution in [-0.2, 0) is 20.9 Å². The van der Waals surface area contributed by atoms with E-state index < -0.39 is 18.2 Å². The van der Waals surface area contributed by atoms with Crippen molar-refractivity contribution >= 4 is 11.9 Å². The molecule has 25 heavy (non-hydrogen) atoms. The first-order valence-electron chi connectivity index (χ1n) is 8.34. The van der Waals surface area contributed by atoms with Crippen LogP contribution in [0.4, 0.5) is 0 Å². The third-order valence-electron chi connectivity index (χ3n) is 3.62. The first-order valence-corrected chi connectivity index (χ1v) is 8.34. The highest BCUT2D eigenvalue weighted by Gasteiger charge is 2.25. The van der Waals surface area contributed by atoms with Crippen LogP contribution < -0.4 is 10.1 Å². The van der Waals surface area contributed by atoms with Gasteiger partial charge in [-0.3, -0.25) is 4.79 Å². The lowest BCUT2D eigenvalue weighted by Crippen LogP contribution is -2.39. The molecule has 5 heteroatoms. The van der Waals surface area contributed by atoms with Gasteiger partial charge in [0.2, 0.25) is 0 Å². The molecule has 0 spiro atoms. The summed E-state index contributed by atoms with van der Waals surface area (Å²) < 4.78 is 10.8. The Morgan fingerprint density at radius 1 is 1.00 bits per heavy atom. The fourth-order valence-corrected chi connectivity index (χ4v) is 2.21. The summed E-state index contributed by atoms with van der Waals surface area (Å²) in [5, 5.41) is 2.79. The smallest absolute Gasteiger partial charge is 0.347 e. The molecular formula is C20H23NO4. The number of para-hydroxylation sites is 1. The summed E-state index contributed by atoms with van der Waals surface area (Å²) in [6, 6.07) is 18.6. The lowest BCUT2D eigenvalue weighted by Gasteiger charge is -2.19. The second-order valence-corrected chi connectivity index (χ2v) is 5.61. The number of esters is 1. The molecule has 0 aliphatic carbocycles. The van der Waals surface area contributed by atoms with Crippen molar-refractivity contribution in [2.24, 2.45) is 0 Å². The average molecular weight is 341 g/mol. The van der Waals surface area contributed by atoms with E-state index in [0.717, 1.165) is 5.56 Å². The van der Waals surface area contributed by atoms with Gasteiger partial charge >= 0.3 is 5.97 Å². The highest BCUT2D eigenvalue weighted by molar-refractivity contribution is 5.84. The van der Waals surface area contributed by atoms with Gasteiger partial charge in [-0.1, -0.05) is 55.5 Å². The van der Waals surface area contributed by atoms with Gasteiger partial charge in [0, 0.05) is 6.54 Å². The van der Waals surface area contributed by atoms with Crippen molar-refractivity contribution in [2.45, 2.75) is 39.0 Å². The van der Waals surface area contributed by atoms with Gasteiger partial charge in [0.1, 0.15) is 5.75 Å². The maximum atomic E-state index is 12.2. The minimum absolute atomic E-state index is 0.313. The van der Waals surface area contributed by atoms with Crippen molar-refractivity contribution in [2.75, 3.05) is 0 Å².